The molecule has 0 fully saturated rings. The largest absolute Gasteiger partial charge is 0.291 e. The third-order valence-electron chi connectivity index (χ3n) is 10.4. The van der Waals surface area contributed by atoms with Crippen LogP contribution < -0.4 is 0 Å². The van der Waals surface area contributed by atoms with Crippen LogP contribution in [0.1, 0.15) is 17.5 Å². The molecular formula is C50H35N5. The van der Waals surface area contributed by atoms with E-state index in [2.05, 4.69) is 138 Å². The Balaban J connectivity index is 0.991. The third-order valence-corrected chi connectivity index (χ3v) is 10.4. The molecule has 1 aliphatic carbocycles. The normalized spacial score (nSPS) is 12.1. The number of rotatable bonds is 7. The number of fused-ring (bicyclic) bond motifs is 2. The van der Waals surface area contributed by atoms with Crippen LogP contribution in [0.4, 0.5) is 0 Å². The van der Waals surface area contributed by atoms with Crippen LogP contribution in [0.15, 0.2) is 182 Å². The molecule has 9 aromatic rings. The molecular weight excluding hydrogens is 671 g/mol. The summed E-state index contributed by atoms with van der Waals surface area (Å²) in [6.07, 6.45) is 8.56. The first-order valence-corrected chi connectivity index (χ1v) is 18.7. The van der Waals surface area contributed by atoms with E-state index in [4.69, 9.17) is 19.9 Å². The molecule has 0 amide bonds. The molecule has 260 valence electrons. The summed E-state index contributed by atoms with van der Waals surface area (Å²) in [5, 5.41) is 0. The van der Waals surface area contributed by atoms with Crippen LogP contribution in [0.2, 0.25) is 0 Å². The maximum Gasteiger partial charge on any atom is 0.164 e. The predicted octanol–water partition coefficient (Wildman–Crippen LogP) is 12.2. The number of hydrogen-bond acceptors (Lipinski definition) is 4. The molecule has 55 heavy (non-hydrogen) atoms. The minimum Gasteiger partial charge on any atom is -0.291 e. The molecule has 0 saturated carbocycles. The molecule has 0 N–H and O–H groups in total. The van der Waals surface area contributed by atoms with E-state index in [1.54, 1.807) is 0 Å². The fourth-order valence-electron chi connectivity index (χ4n) is 7.69. The zero-order valence-electron chi connectivity index (χ0n) is 30.0. The summed E-state index contributed by atoms with van der Waals surface area (Å²) < 4.78 is 2.19. The molecule has 3 heterocycles. The van der Waals surface area contributed by atoms with Gasteiger partial charge < -0.3 is 0 Å². The van der Waals surface area contributed by atoms with Crippen molar-refractivity contribution in [2.24, 2.45) is 0 Å². The number of benzene rings is 6. The summed E-state index contributed by atoms with van der Waals surface area (Å²) in [4.78, 5) is 20.0. The summed E-state index contributed by atoms with van der Waals surface area (Å²) in [6, 6.07) is 58.8. The highest BCUT2D eigenvalue weighted by Crippen LogP contribution is 2.39. The molecule has 0 radical (unpaired) electrons. The van der Waals surface area contributed by atoms with Gasteiger partial charge in [0, 0.05) is 34.1 Å². The first kappa shape index (κ1) is 32.4. The van der Waals surface area contributed by atoms with Crippen LogP contribution in [-0.2, 0) is 6.42 Å². The highest BCUT2D eigenvalue weighted by atomic mass is 15.1. The van der Waals surface area contributed by atoms with Crippen molar-refractivity contribution in [3.05, 3.63) is 193 Å². The van der Waals surface area contributed by atoms with Crippen molar-refractivity contribution in [3.63, 3.8) is 0 Å². The van der Waals surface area contributed by atoms with Gasteiger partial charge in [-0.3, -0.25) is 9.55 Å². The van der Waals surface area contributed by atoms with Crippen molar-refractivity contribution in [1.82, 2.24) is 24.5 Å². The third kappa shape index (κ3) is 6.12. The van der Waals surface area contributed by atoms with Gasteiger partial charge in [0.25, 0.3) is 0 Å². The van der Waals surface area contributed by atoms with Gasteiger partial charge in [-0.1, -0.05) is 146 Å². The van der Waals surface area contributed by atoms with Crippen molar-refractivity contribution in [3.8, 4) is 73.4 Å². The molecule has 0 unspecified atom stereocenters. The number of allylic oxidation sites excluding steroid dienone is 1. The number of hydrogen-bond donors (Lipinski definition) is 0. The Bertz CT molecular complexity index is 2770. The maximum atomic E-state index is 5.04. The average molecular weight is 706 g/mol. The lowest BCUT2D eigenvalue weighted by Crippen LogP contribution is -2.01. The van der Waals surface area contributed by atoms with E-state index >= 15 is 0 Å². The molecule has 0 saturated heterocycles. The standard InChI is InChI=1S/C50H35N5/c1-4-14-35(15-5-1)46-32-47(53-49(52-46)37-16-6-2-7-17-37)36-26-24-34(25-27-36)40-29-30-41(43-21-11-10-20-42(40)43)38-28-31-45(51-33-38)50-54-44-22-12-13-23-48(44)55(50)39-18-8-3-9-19-39/h1-9,11-19,21-33H,10,20H2. The van der Waals surface area contributed by atoms with E-state index in [0.717, 1.165) is 80.5 Å². The topological polar surface area (TPSA) is 56.5 Å². The van der Waals surface area contributed by atoms with Crippen LogP contribution in [0, 0.1) is 0 Å². The number of para-hydroxylation sites is 3. The molecule has 5 heteroatoms. The molecule has 1 aliphatic rings. The van der Waals surface area contributed by atoms with Crippen LogP contribution >= 0.6 is 0 Å². The Labute approximate surface area is 320 Å². The molecule has 0 atom stereocenters. The van der Waals surface area contributed by atoms with E-state index in [1.165, 1.54) is 27.8 Å². The van der Waals surface area contributed by atoms with Gasteiger partial charge in [-0.2, -0.15) is 0 Å². The molecule has 0 spiro atoms. The number of pyridine rings is 1. The molecule has 5 nitrogen and oxygen atoms in total. The number of nitrogens with zero attached hydrogens (tertiary/aromatic N) is 5. The minimum atomic E-state index is 0.717. The Morgan fingerprint density at radius 2 is 1.09 bits per heavy atom. The van der Waals surface area contributed by atoms with Gasteiger partial charge in [0.2, 0.25) is 0 Å². The Hall–Kier alpha value is -7.24. The lowest BCUT2D eigenvalue weighted by atomic mass is 9.84. The van der Waals surface area contributed by atoms with Crippen LogP contribution in [0.25, 0.3) is 90.5 Å². The van der Waals surface area contributed by atoms with Crippen molar-refractivity contribution >= 4 is 17.1 Å². The maximum absolute atomic E-state index is 5.04. The van der Waals surface area contributed by atoms with E-state index in [9.17, 15) is 0 Å². The fraction of sp³-hybridized carbons (Fsp3) is 0.0400. The Morgan fingerprint density at radius 3 is 1.82 bits per heavy atom. The summed E-state index contributed by atoms with van der Waals surface area (Å²) >= 11 is 0. The molecule has 3 aromatic heterocycles. The van der Waals surface area contributed by atoms with Gasteiger partial charge in [0.05, 0.1) is 22.4 Å². The highest BCUT2D eigenvalue weighted by molar-refractivity contribution is 5.86. The first-order valence-electron chi connectivity index (χ1n) is 18.7. The zero-order chi connectivity index (χ0) is 36.6. The summed E-state index contributed by atoms with van der Waals surface area (Å²) in [5.74, 6) is 1.55. The van der Waals surface area contributed by atoms with E-state index in [1.807, 2.05) is 54.7 Å². The van der Waals surface area contributed by atoms with Crippen molar-refractivity contribution in [2.75, 3.05) is 0 Å². The monoisotopic (exact) mass is 705 g/mol. The van der Waals surface area contributed by atoms with Gasteiger partial charge in [-0.05, 0) is 77.1 Å². The Morgan fingerprint density at radius 1 is 0.473 bits per heavy atom. The van der Waals surface area contributed by atoms with Crippen LogP contribution in [0.5, 0.6) is 0 Å². The van der Waals surface area contributed by atoms with Crippen molar-refractivity contribution < 1.29 is 0 Å². The fourth-order valence-corrected chi connectivity index (χ4v) is 7.69. The zero-order valence-corrected chi connectivity index (χ0v) is 30.0. The van der Waals surface area contributed by atoms with E-state index < -0.39 is 0 Å². The predicted molar refractivity (Wildman–Crippen MR) is 224 cm³/mol. The number of imidazole rings is 1. The van der Waals surface area contributed by atoms with Crippen LogP contribution in [-0.4, -0.2) is 24.5 Å². The van der Waals surface area contributed by atoms with E-state index in [-0.39, 0.29) is 0 Å². The number of aromatic nitrogens is 5. The molecule has 10 rings (SSSR count). The van der Waals surface area contributed by atoms with Gasteiger partial charge in [0.15, 0.2) is 11.6 Å². The minimum absolute atomic E-state index is 0.717. The molecule has 0 aliphatic heterocycles. The lowest BCUT2D eigenvalue weighted by molar-refractivity contribution is 0.988. The van der Waals surface area contributed by atoms with Gasteiger partial charge >= 0.3 is 0 Å². The van der Waals surface area contributed by atoms with Crippen molar-refractivity contribution in [2.45, 2.75) is 12.8 Å². The SMILES string of the molecule is C1=Cc2c(-c3ccc(-c4nc5ccccc5n4-c4ccccc4)nc3)ccc(-c3ccc(-c4cc(-c5ccccc5)nc(-c5ccccc5)n4)cc3)c2CC1. The first-order chi connectivity index (χ1) is 27.3. The second kappa shape index (κ2) is 14.0. The van der Waals surface area contributed by atoms with Gasteiger partial charge in [-0.15, -0.1) is 0 Å². The second-order valence-corrected chi connectivity index (χ2v) is 13.8. The quantitative estimate of drug-likeness (QED) is 0.166. The lowest BCUT2D eigenvalue weighted by Gasteiger charge is -2.20. The highest BCUT2D eigenvalue weighted by Gasteiger charge is 2.19. The summed E-state index contributed by atoms with van der Waals surface area (Å²) in [6.45, 7) is 0. The van der Waals surface area contributed by atoms with Crippen molar-refractivity contribution in [1.29, 1.82) is 0 Å². The second-order valence-electron chi connectivity index (χ2n) is 13.8. The van der Waals surface area contributed by atoms with E-state index in [0.29, 0.717) is 0 Å². The van der Waals surface area contributed by atoms with Crippen LogP contribution in [0.3, 0.4) is 0 Å². The van der Waals surface area contributed by atoms with Gasteiger partial charge in [0.1, 0.15) is 5.69 Å². The summed E-state index contributed by atoms with van der Waals surface area (Å²) in [7, 11) is 0. The summed E-state index contributed by atoms with van der Waals surface area (Å²) in [5.41, 5.74) is 16.2. The average Bonchev–Trinajstić information content (AvgIpc) is 3.67. The molecule has 6 aromatic carbocycles. The van der Waals surface area contributed by atoms with Gasteiger partial charge in [-0.25, -0.2) is 15.0 Å². The smallest absolute Gasteiger partial charge is 0.164 e. The molecule has 0 bridgehead atoms. The Kier molecular flexibility index (Phi) is 8.23.